The van der Waals surface area contributed by atoms with Crippen molar-refractivity contribution in [2.75, 3.05) is 20.2 Å². The van der Waals surface area contributed by atoms with Gasteiger partial charge in [-0.25, -0.2) is 4.79 Å². The second kappa shape index (κ2) is 10.8. The predicted octanol–water partition coefficient (Wildman–Crippen LogP) is 5.17. The minimum Gasteiger partial charge on any atom is -0.460 e. The predicted molar refractivity (Wildman–Crippen MR) is 149 cm³/mol. The largest absolute Gasteiger partial charge is 0.460 e. The number of ether oxygens (including phenoxy) is 1. The van der Waals surface area contributed by atoms with Gasteiger partial charge < -0.3 is 10.5 Å². The minimum absolute atomic E-state index is 0.0541. The molecule has 0 saturated carbocycles. The Hall–Kier alpha value is -2.93. The summed E-state index contributed by atoms with van der Waals surface area (Å²) in [6, 6.07) is 31.6. The maximum Gasteiger partial charge on any atom is 0.334 e. The fourth-order valence-corrected chi connectivity index (χ4v) is 7.21. The average Bonchev–Trinajstić information content (AvgIpc) is 3.24. The zero-order chi connectivity index (χ0) is 24.9. The molecule has 1 heterocycles. The SMILES string of the molecule is C=CCOC(=O)[C@@]1(C(N)=S)C[C@H](SC(c2ccccc2)(c2ccccc2)c2ccccc2)CN1C. The number of thiocarbonyl (C=S) groups is 1. The van der Waals surface area contributed by atoms with Gasteiger partial charge in [0.2, 0.25) is 0 Å². The van der Waals surface area contributed by atoms with E-state index in [0.717, 1.165) is 0 Å². The van der Waals surface area contributed by atoms with Crippen LogP contribution in [0.3, 0.4) is 0 Å². The van der Waals surface area contributed by atoms with Crippen LogP contribution in [0.2, 0.25) is 0 Å². The highest BCUT2D eigenvalue weighted by molar-refractivity contribution is 8.01. The van der Waals surface area contributed by atoms with Gasteiger partial charge in [0.25, 0.3) is 0 Å². The quantitative estimate of drug-likeness (QED) is 0.189. The summed E-state index contributed by atoms with van der Waals surface area (Å²) in [6.45, 7) is 4.41. The van der Waals surface area contributed by atoms with Crippen molar-refractivity contribution in [2.24, 2.45) is 5.73 Å². The number of rotatable bonds is 9. The summed E-state index contributed by atoms with van der Waals surface area (Å²) in [5.41, 5.74) is 8.58. The summed E-state index contributed by atoms with van der Waals surface area (Å²) in [7, 11) is 1.89. The van der Waals surface area contributed by atoms with E-state index in [1.165, 1.54) is 16.7 Å². The number of nitrogens with two attached hydrogens (primary N) is 1. The van der Waals surface area contributed by atoms with Gasteiger partial charge >= 0.3 is 5.97 Å². The molecule has 0 bridgehead atoms. The van der Waals surface area contributed by atoms with Gasteiger partial charge in [0.05, 0.1) is 4.75 Å². The minimum atomic E-state index is -1.15. The van der Waals surface area contributed by atoms with Crippen molar-refractivity contribution in [2.45, 2.75) is 22.0 Å². The van der Waals surface area contributed by atoms with Gasteiger partial charge in [0, 0.05) is 11.8 Å². The molecule has 0 radical (unpaired) electrons. The first kappa shape index (κ1) is 25.2. The number of carbonyl (C=O) groups is 1. The number of likely N-dealkylation sites (tertiary alicyclic amines) is 1. The Morgan fingerprint density at radius 1 is 1.06 bits per heavy atom. The van der Waals surface area contributed by atoms with Crippen LogP contribution in [0, 0.1) is 0 Å². The van der Waals surface area contributed by atoms with Gasteiger partial charge in [-0.3, -0.25) is 4.90 Å². The summed E-state index contributed by atoms with van der Waals surface area (Å²) >= 11 is 7.29. The Morgan fingerprint density at radius 2 is 1.51 bits per heavy atom. The normalized spacial score (nSPS) is 20.3. The van der Waals surface area contributed by atoms with Crippen molar-refractivity contribution < 1.29 is 9.53 Å². The molecule has 1 aliphatic heterocycles. The summed E-state index contributed by atoms with van der Waals surface area (Å²) in [5.74, 6) is -0.416. The number of likely N-dealkylation sites (N-methyl/N-ethyl adjacent to an activating group) is 1. The third-order valence-electron chi connectivity index (χ3n) is 6.61. The second-order valence-corrected chi connectivity index (χ2v) is 10.7. The van der Waals surface area contributed by atoms with Crippen LogP contribution in [0.4, 0.5) is 0 Å². The van der Waals surface area contributed by atoms with E-state index in [0.29, 0.717) is 13.0 Å². The third kappa shape index (κ3) is 4.66. The van der Waals surface area contributed by atoms with Crippen LogP contribution in [0.1, 0.15) is 23.1 Å². The highest BCUT2D eigenvalue weighted by atomic mass is 32.2. The first-order chi connectivity index (χ1) is 16.9. The van der Waals surface area contributed by atoms with Crippen LogP contribution in [-0.2, 0) is 14.3 Å². The van der Waals surface area contributed by atoms with Crippen LogP contribution in [0.5, 0.6) is 0 Å². The Bertz CT molecular complexity index is 1070. The topological polar surface area (TPSA) is 55.6 Å². The monoisotopic (exact) mass is 502 g/mol. The molecule has 0 amide bonds. The van der Waals surface area contributed by atoms with E-state index in [1.807, 2.05) is 41.9 Å². The molecular weight excluding hydrogens is 472 g/mol. The lowest BCUT2D eigenvalue weighted by Gasteiger charge is -2.37. The number of hydrogen-bond donors (Lipinski definition) is 1. The molecule has 3 aromatic rings. The van der Waals surface area contributed by atoms with E-state index >= 15 is 0 Å². The molecular formula is C29H30N2O2S2. The average molecular weight is 503 g/mol. The van der Waals surface area contributed by atoms with Gasteiger partial charge in [0.1, 0.15) is 11.6 Å². The molecule has 180 valence electrons. The van der Waals surface area contributed by atoms with Crippen LogP contribution in [0.25, 0.3) is 0 Å². The molecule has 3 aromatic carbocycles. The van der Waals surface area contributed by atoms with Crippen LogP contribution < -0.4 is 5.73 Å². The Labute approximate surface area is 217 Å². The van der Waals surface area contributed by atoms with Crippen LogP contribution >= 0.6 is 24.0 Å². The van der Waals surface area contributed by atoms with Gasteiger partial charge in [-0.15, -0.1) is 11.8 Å². The highest BCUT2D eigenvalue weighted by Crippen LogP contribution is 2.53. The number of hydrogen-bond acceptors (Lipinski definition) is 5. The molecule has 2 atom stereocenters. The molecule has 6 heteroatoms. The lowest BCUT2D eigenvalue weighted by molar-refractivity contribution is -0.150. The number of benzene rings is 3. The van der Waals surface area contributed by atoms with E-state index in [4.69, 9.17) is 22.7 Å². The molecule has 4 rings (SSSR count). The number of carbonyl (C=O) groups excluding carboxylic acids is 1. The molecule has 1 saturated heterocycles. The zero-order valence-electron chi connectivity index (χ0n) is 19.8. The maximum atomic E-state index is 13.2. The Balaban J connectivity index is 1.83. The lowest BCUT2D eigenvalue weighted by atomic mass is 9.84. The van der Waals surface area contributed by atoms with Gasteiger partial charge in [0.15, 0.2) is 5.54 Å². The van der Waals surface area contributed by atoms with Crippen molar-refractivity contribution >= 4 is 34.9 Å². The first-order valence-corrected chi connectivity index (χ1v) is 12.9. The van der Waals surface area contributed by atoms with Gasteiger partial charge in [-0.05, 0) is 30.2 Å². The number of nitrogens with zero attached hydrogens (tertiary/aromatic N) is 1. The standard InChI is InChI=1S/C29H30N2O2S2/c1-3-19-33-27(32)28(26(30)34)20-25(21-31(28)2)35-29(22-13-7-4-8-14-22,23-15-9-5-10-16-23)24-17-11-6-12-18-24/h3-18,25H,1,19-21H2,2H3,(H2,30,34)/t25-,28-/m0/s1. The summed E-state index contributed by atoms with van der Waals surface area (Å²) < 4.78 is 4.97. The van der Waals surface area contributed by atoms with Gasteiger partial charge in [-0.1, -0.05) is 116 Å². The fourth-order valence-electron chi connectivity index (χ4n) is 4.95. The smallest absolute Gasteiger partial charge is 0.334 e. The van der Waals surface area contributed by atoms with E-state index in [-0.39, 0.29) is 16.8 Å². The molecule has 2 N–H and O–H groups in total. The molecule has 0 spiro atoms. The zero-order valence-corrected chi connectivity index (χ0v) is 21.4. The van der Waals surface area contributed by atoms with Crippen molar-refractivity contribution in [1.29, 1.82) is 0 Å². The molecule has 0 aliphatic carbocycles. The third-order valence-corrected chi connectivity index (χ3v) is 8.66. The highest BCUT2D eigenvalue weighted by Gasteiger charge is 2.55. The van der Waals surface area contributed by atoms with Crippen molar-refractivity contribution in [3.05, 3.63) is 120 Å². The van der Waals surface area contributed by atoms with Crippen LogP contribution in [0.15, 0.2) is 104 Å². The summed E-state index contributed by atoms with van der Waals surface area (Å²) in [4.78, 5) is 15.3. The fraction of sp³-hybridized carbons (Fsp3) is 0.241. The molecule has 4 nitrogen and oxygen atoms in total. The van der Waals surface area contributed by atoms with Crippen molar-refractivity contribution in [3.63, 3.8) is 0 Å². The molecule has 1 fully saturated rings. The first-order valence-electron chi connectivity index (χ1n) is 11.6. The van der Waals surface area contributed by atoms with Gasteiger partial charge in [-0.2, -0.15) is 0 Å². The number of thioether (sulfide) groups is 1. The van der Waals surface area contributed by atoms with E-state index in [1.54, 1.807) is 6.08 Å². The second-order valence-electron chi connectivity index (χ2n) is 8.72. The van der Waals surface area contributed by atoms with Crippen LogP contribution in [-0.4, -0.2) is 46.8 Å². The van der Waals surface area contributed by atoms with E-state index in [2.05, 4.69) is 79.4 Å². The Kier molecular flexibility index (Phi) is 7.75. The molecule has 35 heavy (non-hydrogen) atoms. The summed E-state index contributed by atoms with van der Waals surface area (Å²) in [6.07, 6.45) is 2.02. The molecule has 1 aliphatic rings. The van der Waals surface area contributed by atoms with E-state index in [9.17, 15) is 4.79 Å². The lowest BCUT2D eigenvalue weighted by Crippen LogP contribution is -2.58. The molecule has 0 aromatic heterocycles. The van der Waals surface area contributed by atoms with E-state index < -0.39 is 16.3 Å². The maximum absolute atomic E-state index is 13.2. The van der Waals surface area contributed by atoms with Crippen molar-refractivity contribution in [3.8, 4) is 0 Å². The van der Waals surface area contributed by atoms with Crippen molar-refractivity contribution in [1.82, 2.24) is 4.90 Å². The number of esters is 1. The molecule has 0 unspecified atom stereocenters. The Morgan fingerprint density at radius 3 is 1.91 bits per heavy atom. The summed E-state index contributed by atoms with van der Waals surface area (Å²) in [5, 5.41) is 0.0541.